The molecule has 1 aromatic carbocycles. The molecule has 0 aliphatic carbocycles. The second kappa shape index (κ2) is 4.82. The zero-order valence-corrected chi connectivity index (χ0v) is 11.2. The van der Waals surface area contributed by atoms with Crippen molar-refractivity contribution in [3.8, 4) is 0 Å². The van der Waals surface area contributed by atoms with E-state index in [2.05, 4.69) is 9.97 Å². The molecule has 0 radical (unpaired) electrons. The second-order valence-electron chi connectivity index (χ2n) is 3.42. The standard InChI is InChI=1S/C11H10FIN4/c1-17(8-5-3-2-4-7(8)12)10-6-9(13)15-11(14)16-10/h2-6H,1H3,(H2,14,15,16). The van der Waals surface area contributed by atoms with Gasteiger partial charge in [0.25, 0.3) is 0 Å². The zero-order valence-electron chi connectivity index (χ0n) is 9.06. The summed E-state index contributed by atoms with van der Waals surface area (Å²) in [6.45, 7) is 0. The largest absolute Gasteiger partial charge is 0.368 e. The highest BCUT2D eigenvalue weighted by Crippen LogP contribution is 2.25. The van der Waals surface area contributed by atoms with Gasteiger partial charge in [-0.05, 0) is 34.7 Å². The van der Waals surface area contributed by atoms with Crippen molar-refractivity contribution in [2.75, 3.05) is 17.7 Å². The number of halogens is 2. The van der Waals surface area contributed by atoms with Gasteiger partial charge in [0.05, 0.1) is 5.69 Å². The van der Waals surface area contributed by atoms with Crippen LogP contribution in [0.15, 0.2) is 30.3 Å². The molecule has 1 aromatic heterocycles. The molecule has 2 rings (SSSR count). The normalized spacial score (nSPS) is 10.3. The summed E-state index contributed by atoms with van der Waals surface area (Å²) in [5.74, 6) is 0.435. The molecule has 88 valence electrons. The number of para-hydroxylation sites is 1. The van der Waals surface area contributed by atoms with E-state index in [4.69, 9.17) is 5.73 Å². The molecule has 0 atom stereocenters. The summed E-state index contributed by atoms with van der Waals surface area (Å²) in [4.78, 5) is 9.67. The maximum Gasteiger partial charge on any atom is 0.222 e. The molecule has 0 saturated heterocycles. The maximum absolute atomic E-state index is 13.6. The molecule has 0 unspecified atom stereocenters. The van der Waals surface area contributed by atoms with E-state index in [9.17, 15) is 4.39 Å². The van der Waals surface area contributed by atoms with Gasteiger partial charge in [0.1, 0.15) is 15.3 Å². The summed E-state index contributed by atoms with van der Waals surface area (Å²) in [5, 5.41) is 0. The molecule has 17 heavy (non-hydrogen) atoms. The van der Waals surface area contributed by atoms with E-state index >= 15 is 0 Å². The van der Waals surface area contributed by atoms with Crippen LogP contribution in [0.2, 0.25) is 0 Å². The summed E-state index contributed by atoms with van der Waals surface area (Å²) < 4.78 is 14.3. The number of nitrogens with zero attached hydrogens (tertiary/aromatic N) is 3. The molecule has 0 bridgehead atoms. The lowest BCUT2D eigenvalue weighted by Gasteiger charge is -2.19. The summed E-state index contributed by atoms with van der Waals surface area (Å²) in [5.41, 5.74) is 6.01. The van der Waals surface area contributed by atoms with Gasteiger partial charge in [0.15, 0.2) is 0 Å². The molecule has 2 aromatic rings. The van der Waals surface area contributed by atoms with Crippen LogP contribution in [-0.4, -0.2) is 17.0 Å². The monoisotopic (exact) mass is 344 g/mol. The first-order valence-electron chi connectivity index (χ1n) is 4.86. The van der Waals surface area contributed by atoms with Gasteiger partial charge < -0.3 is 10.6 Å². The lowest BCUT2D eigenvalue weighted by molar-refractivity contribution is 0.627. The first-order chi connectivity index (χ1) is 8.08. The third-order valence-corrected chi connectivity index (χ3v) is 2.81. The lowest BCUT2D eigenvalue weighted by atomic mass is 10.3. The van der Waals surface area contributed by atoms with Crippen LogP contribution < -0.4 is 10.6 Å². The quantitative estimate of drug-likeness (QED) is 0.672. The molecule has 0 fully saturated rings. The predicted octanol–water partition coefficient (Wildman–Crippen LogP) is 2.57. The number of aromatic nitrogens is 2. The number of nitrogen functional groups attached to an aromatic ring is 1. The van der Waals surface area contributed by atoms with Crippen LogP contribution in [0.5, 0.6) is 0 Å². The van der Waals surface area contributed by atoms with Gasteiger partial charge in [-0.1, -0.05) is 12.1 Å². The predicted molar refractivity (Wildman–Crippen MR) is 73.6 cm³/mol. The summed E-state index contributed by atoms with van der Waals surface area (Å²) in [6, 6.07) is 8.24. The number of benzene rings is 1. The van der Waals surface area contributed by atoms with E-state index in [1.54, 1.807) is 36.2 Å². The van der Waals surface area contributed by atoms with Crippen molar-refractivity contribution in [3.05, 3.63) is 39.8 Å². The summed E-state index contributed by atoms with van der Waals surface area (Å²) in [6.07, 6.45) is 0. The highest BCUT2D eigenvalue weighted by atomic mass is 127. The van der Waals surface area contributed by atoms with Gasteiger partial charge >= 0.3 is 0 Å². The van der Waals surface area contributed by atoms with Crippen molar-refractivity contribution >= 4 is 40.0 Å². The Labute approximate surface area is 112 Å². The average Bonchev–Trinajstić information content (AvgIpc) is 2.27. The van der Waals surface area contributed by atoms with Gasteiger partial charge in [-0.25, -0.2) is 9.37 Å². The van der Waals surface area contributed by atoms with Crippen LogP contribution >= 0.6 is 22.6 Å². The molecule has 1 heterocycles. The Bertz CT molecular complexity index is 526. The number of anilines is 3. The lowest BCUT2D eigenvalue weighted by Crippen LogP contribution is -2.14. The Kier molecular flexibility index (Phi) is 3.41. The average molecular weight is 344 g/mol. The van der Waals surface area contributed by atoms with Gasteiger partial charge in [-0.15, -0.1) is 0 Å². The fourth-order valence-corrected chi connectivity index (χ4v) is 1.97. The summed E-state index contributed by atoms with van der Waals surface area (Å²) >= 11 is 2.04. The van der Waals surface area contributed by atoms with Crippen molar-refractivity contribution in [2.24, 2.45) is 0 Å². The van der Waals surface area contributed by atoms with E-state index in [-0.39, 0.29) is 11.8 Å². The third kappa shape index (κ3) is 2.63. The third-order valence-electron chi connectivity index (χ3n) is 2.26. The molecule has 0 amide bonds. The zero-order chi connectivity index (χ0) is 12.4. The second-order valence-corrected chi connectivity index (χ2v) is 4.52. The molecule has 6 heteroatoms. The fraction of sp³-hybridized carbons (Fsp3) is 0.0909. The van der Waals surface area contributed by atoms with Gasteiger partial charge in [0, 0.05) is 13.1 Å². The highest BCUT2D eigenvalue weighted by molar-refractivity contribution is 14.1. The highest BCUT2D eigenvalue weighted by Gasteiger charge is 2.11. The topological polar surface area (TPSA) is 55.0 Å². The van der Waals surface area contributed by atoms with Crippen molar-refractivity contribution in [2.45, 2.75) is 0 Å². The summed E-state index contributed by atoms with van der Waals surface area (Å²) in [7, 11) is 1.73. The molecule has 2 N–H and O–H groups in total. The maximum atomic E-state index is 13.6. The molecule has 4 nitrogen and oxygen atoms in total. The van der Waals surface area contributed by atoms with E-state index < -0.39 is 0 Å². The minimum atomic E-state index is -0.304. The van der Waals surface area contributed by atoms with Gasteiger partial charge in [-0.3, -0.25) is 0 Å². The Morgan fingerprint density at radius 1 is 1.29 bits per heavy atom. The van der Waals surface area contributed by atoms with Crippen molar-refractivity contribution in [1.82, 2.24) is 9.97 Å². The Morgan fingerprint density at radius 2 is 2.00 bits per heavy atom. The van der Waals surface area contributed by atoms with Crippen LogP contribution in [-0.2, 0) is 0 Å². The van der Waals surface area contributed by atoms with E-state index in [1.807, 2.05) is 22.6 Å². The molecule has 0 spiro atoms. The van der Waals surface area contributed by atoms with Crippen molar-refractivity contribution in [1.29, 1.82) is 0 Å². The molecule has 0 aliphatic heterocycles. The van der Waals surface area contributed by atoms with E-state index in [0.29, 0.717) is 15.2 Å². The first-order valence-corrected chi connectivity index (χ1v) is 5.94. The number of nitrogens with two attached hydrogens (primary N) is 1. The fourth-order valence-electron chi connectivity index (χ4n) is 1.44. The van der Waals surface area contributed by atoms with Crippen LogP contribution in [0.1, 0.15) is 0 Å². The molecular weight excluding hydrogens is 334 g/mol. The minimum absolute atomic E-state index is 0.176. The Morgan fingerprint density at radius 3 is 2.65 bits per heavy atom. The number of hydrogen-bond donors (Lipinski definition) is 1. The van der Waals surface area contributed by atoms with Crippen LogP contribution in [0.3, 0.4) is 0 Å². The molecule has 0 aliphatic rings. The van der Waals surface area contributed by atoms with Crippen molar-refractivity contribution in [3.63, 3.8) is 0 Å². The molecular formula is C11H10FIN4. The first kappa shape index (κ1) is 12.0. The van der Waals surface area contributed by atoms with Gasteiger partial charge in [0.2, 0.25) is 5.95 Å². The van der Waals surface area contributed by atoms with Crippen LogP contribution in [0.25, 0.3) is 0 Å². The van der Waals surface area contributed by atoms with Gasteiger partial charge in [-0.2, -0.15) is 4.98 Å². The Hall–Kier alpha value is -1.44. The Balaban J connectivity index is 2.43. The minimum Gasteiger partial charge on any atom is -0.368 e. The van der Waals surface area contributed by atoms with E-state index in [0.717, 1.165) is 0 Å². The SMILES string of the molecule is CN(c1cc(I)nc(N)n1)c1ccccc1F. The van der Waals surface area contributed by atoms with Crippen molar-refractivity contribution < 1.29 is 4.39 Å². The molecule has 0 saturated carbocycles. The number of hydrogen-bond acceptors (Lipinski definition) is 4. The number of rotatable bonds is 2. The van der Waals surface area contributed by atoms with E-state index in [1.165, 1.54) is 6.07 Å². The van der Waals surface area contributed by atoms with Crippen LogP contribution in [0.4, 0.5) is 21.8 Å². The smallest absolute Gasteiger partial charge is 0.222 e. The van der Waals surface area contributed by atoms with Crippen LogP contribution in [0, 0.1) is 9.52 Å².